The zero-order valence-corrected chi connectivity index (χ0v) is 6.75. The van der Waals surface area contributed by atoms with Crippen LogP contribution in [0.2, 0.25) is 0 Å². The van der Waals surface area contributed by atoms with E-state index in [2.05, 4.69) is 9.47 Å². The molecule has 0 atom stereocenters. The van der Waals surface area contributed by atoms with Crippen molar-refractivity contribution in [2.45, 2.75) is 20.3 Å². The minimum atomic E-state index is -0.536. The molecule has 4 heteroatoms. The van der Waals surface area contributed by atoms with Crippen LogP contribution in [-0.4, -0.2) is 25.2 Å². The molecule has 0 unspecified atom stereocenters. The fourth-order valence-corrected chi connectivity index (χ4v) is 0.542. The molecule has 0 aromatic carbocycles. The Morgan fingerprint density at radius 3 is 1.64 bits per heavy atom. The van der Waals surface area contributed by atoms with E-state index in [1.54, 1.807) is 13.8 Å². The van der Waals surface area contributed by atoms with Crippen LogP contribution in [0.3, 0.4) is 0 Å². The Kier molecular flexibility index (Phi) is 5.15. The number of ether oxygens (including phenoxy) is 2. The molecule has 0 radical (unpaired) electrons. The highest BCUT2D eigenvalue weighted by atomic mass is 16.5. The van der Waals surface area contributed by atoms with Crippen LogP contribution in [0.4, 0.5) is 0 Å². The lowest BCUT2D eigenvalue weighted by molar-refractivity contribution is -0.153. The number of hydrogen-bond acceptors (Lipinski definition) is 4. The highest BCUT2D eigenvalue weighted by molar-refractivity contribution is 5.91. The van der Waals surface area contributed by atoms with E-state index >= 15 is 0 Å². The van der Waals surface area contributed by atoms with Gasteiger partial charge in [0.15, 0.2) is 0 Å². The Balaban J connectivity index is 3.49. The van der Waals surface area contributed by atoms with E-state index in [1.165, 1.54) is 0 Å². The molecule has 0 aromatic rings. The zero-order valence-electron chi connectivity index (χ0n) is 6.75. The van der Waals surface area contributed by atoms with Crippen molar-refractivity contribution < 1.29 is 19.1 Å². The van der Waals surface area contributed by atoms with Crippen molar-refractivity contribution in [3.8, 4) is 0 Å². The van der Waals surface area contributed by atoms with Gasteiger partial charge in [-0.25, -0.2) is 0 Å². The second-order valence-corrected chi connectivity index (χ2v) is 1.79. The zero-order chi connectivity index (χ0) is 8.69. The summed E-state index contributed by atoms with van der Waals surface area (Å²) in [6.07, 6.45) is -0.290. The van der Waals surface area contributed by atoms with Gasteiger partial charge in [0.1, 0.15) is 6.42 Å². The lowest BCUT2D eigenvalue weighted by atomic mass is 10.0. The van der Waals surface area contributed by atoms with Crippen molar-refractivity contribution in [2.75, 3.05) is 13.2 Å². The van der Waals surface area contributed by atoms with E-state index < -0.39 is 11.9 Å². The molecule has 0 fully saturated rings. The molecule has 0 saturated heterocycles. The lowest BCUT2D eigenvalue weighted by Crippen LogP contribution is -2.13. The van der Waals surface area contributed by atoms with Crippen molar-refractivity contribution in [3.05, 3.63) is 0 Å². The first-order chi connectivity index (χ1) is 5.20. The van der Waals surface area contributed by atoms with E-state index in [4.69, 9.17) is 0 Å². The molecule has 0 saturated carbocycles. The quantitative estimate of drug-likeness (QED) is 0.443. The average molecular weight is 159 g/mol. The van der Waals surface area contributed by atoms with Crippen molar-refractivity contribution in [1.29, 1.82) is 0 Å². The molecule has 0 N–H and O–H groups in total. The predicted molar refractivity (Wildman–Crippen MR) is 37.9 cm³/mol. The Morgan fingerprint density at radius 2 is 1.36 bits per heavy atom. The number of carbonyl (C=O) groups excluding carboxylic acids is 2. The maximum Gasteiger partial charge on any atom is 0.317 e. The minimum Gasteiger partial charge on any atom is -0.466 e. The molecule has 64 valence electrons. The molecule has 0 spiro atoms. The summed E-state index contributed by atoms with van der Waals surface area (Å²) in [5, 5.41) is 0. The van der Waals surface area contributed by atoms with E-state index in [1.807, 2.05) is 0 Å². The van der Waals surface area contributed by atoms with Crippen molar-refractivity contribution >= 4 is 11.9 Å². The molecule has 0 aliphatic heterocycles. The Labute approximate surface area is 65.5 Å². The summed E-state index contributed by atoms with van der Waals surface area (Å²) < 4.78 is 9.04. The monoisotopic (exact) mass is 159 g/mol. The van der Waals surface area contributed by atoms with Crippen LogP contribution < -0.4 is 0 Å². The Morgan fingerprint density at radius 1 is 1.00 bits per heavy atom. The molecule has 0 bridgehead atoms. The van der Waals surface area contributed by atoms with Gasteiger partial charge in [-0.3, -0.25) is 9.59 Å². The molecule has 11 heavy (non-hydrogen) atoms. The standard InChI is InChI=1S/C7H12O4/c1-3-10-6(8)5-7(9)11-4-2/h3-5H2,1-2H3/i6-1. The number of esters is 2. The van der Waals surface area contributed by atoms with Gasteiger partial charge in [0.25, 0.3) is 0 Å². The van der Waals surface area contributed by atoms with Crippen LogP contribution in [0, 0.1) is 0 Å². The normalized spacial score (nSPS) is 8.91. The van der Waals surface area contributed by atoms with Crippen molar-refractivity contribution in [3.63, 3.8) is 0 Å². The van der Waals surface area contributed by atoms with Crippen molar-refractivity contribution in [2.24, 2.45) is 0 Å². The minimum absolute atomic E-state index is 0.290. The van der Waals surface area contributed by atoms with Gasteiger partial charge in [-0.2, -0.15) is 0 Å². The topological polar surface area (TPSA) is 52.6 Å². The maximum absolute atomic E-state index is 10.6. The first kappa shape index (κ1) is 9.94. The van der Waals surface area contributed by atoms with Crippen LogP contribution in [0.25, 0.3) is 0 Å². The summed E-state index contributed by atoms with van der Waals surface area (Å²) in [6, 6.07) is 0. The van der Waals surface area contributed by atoms with Gasteiger partial charge in [0.05, 0.1) is 13.2 Å². The fraction of sp³-hybridized carbons (Fsp3) is 0.714. The van der Waals surface area contributed by atoms with E-state index in [-0.39, 0.29) is 19.6 Å². The van der Waals surface area contributed by atoms with Crippen LogP contribution in [0.1, 0.15) is 20.3 Å². The third-order valence-electron chi connectivity index (χ3n) is 0.899. The molecule has 0 aliphatic rings. The van der Waals surface area contributed by atoms with Crippen molar-refractivity contribution in [1.82, 2.24) is 0 Å². The highest BCUT2D eigenvalue weighted by Crippen LogP contribution is 1.89. The van der Waals surface area contributed by atoms with Gasteiger partial charge in [0, 0.05) is 0 Å². The highest BCUT2D eigenvalue weighted by Gasteiger charge is 2.09. The molecule has 0 aromatic heterocycles. The summed E-state index contributed by atoms with van der Waals surface area (Å²) in [7, 11) is 0. The molecular weight excluding hydrogens is 147 g/mol. The Hall–Kier alpha value is -1.06. The molecular formula is C7H12O4. The van der Waals surface area contributed by atoms with Gasteiger partial charge in [-0.15, -0.1) is 0 Å². The Bertz CT molecular complexity index is 125. The number of carbonyl (C=O) groups is 2. The first-order valence-corrected chi connectivity index (χ1v) is 3.52. The van der Waals surface area contributed by atoms with Crippen LogP contribution in [-0.2, 0) is 19.1 Å². The van der Waals surface area contributed by atoms with E-state index in [0.29, 0.717) is 0 Å². The van der Waals surface area contributed by atoms with Gasteiger partial charge >= 0.3 is 11.9 Å². The van der Waals surface area contributed by atoms with Gasteiger partial charge in [-0.1, -0.05) is 0 Å². The molecule has 4 nitrogen and oxygen atoms in total. The summed E-state index contributed by atoms with van der Waals surface area (Å²) >= 11 is 0. The first-order valence-electron chi connectivity index (χ1n) is 3.52. The van der Waals surface area contributed by atoms with Gasteiger partial charge in [0.2, 0.25) is 0 Å². The molecule has 0 amide bonds. The maximum atomic E-state index is 10.6. The summed E-state index contributed by atoms with van der Waals surface area (Å²) in [5.41, 5.74) is 0. The SMILES string of the molecule is CCOC(=O)C[11C](=O)OCC. The third kappa shape index (κ3) is 5.39. The smallest absolute Gasteiger partial charge is 0.317 e. The fourth-order valence-electron chi connectivity index (χ4n) is 0.542. The lowest BCUT2D eigenvalue weighted by Gasteiger charge is -2.00. The largest absolute Gasteiger partial charge is 0.466 e. The number of rotatable bonds is 4. The van der Waals surface area contributed by atoms with Crippen LogP contribution in [0.5, 0.6) is 0 Å². The summed E-state index contributed by atoms with van der Waals surface area (Å²) in [5.74, 6) is -1.07. The summed E-state index contributed by atoms with van der Waals surface area (Å²) in [6.45, 7) is 3.95. The van der Waals surface area contributed by atoms with E-state index in [9.17, 15) is 9.59 Å². The third-order valence-corrected chi connectivity index (χ3v) is 0.899. The molecule has 0 aliphatic carbocycles. The average Bonchev–Trinajstić information content (AvgIpc) is 1.87. The number of hydrogen-bond donors (Lipinski definition) is 0. The molecule has 0 heterocycles. The van der Waals surface area contributed by atoms with Gasteiger partial charge in [-0.05, 0) is 13.8 Å². The predicted octanol–water partition coefficient (Wildman–Crippen LogP) is 0.503. The van der Waals surface area contributed by atoms with Gasteiger partial charge < -0.3 is 9.47 Å². The molecule has 0 rings (SSSR count). The second-order valence-electron chi connectivity index (χ2n) is 1.79. The van der Waals surface area contributed by atoms with E-state index in [0.717, 1.165) is 0 Å². The summed E-state index contributed by atoms with van der Waals surface area (Å²) in [4.78, 5) is 21.2. The van der Waals surface area contributed by atoms with Crippen LogP contribution >= 0.6 is 0 Å². The van der Waals surface area contributed by atoms with Crippen LogP contribution in [0.15, 0.2) is 0 Å². The second kappa shape index (κ2) is 5.70.